The Bertz CT molecular complexity index is 461. The highest BCUT2D eigenvalue weighted by molar-refractivity contribution is 9.10. The van der Waals surface area contributed by atoms with E-state index in [-0.39, 0.29) is 0 Å². The van der Waals surface area contributed by atoms with Crippen molar-refractivity contribution in [3.8, 4) is 0 Å². The number of aromatic amines is 1. The van der Waals surface area contributed by atoms with Crippen LogP contribution in [0.4, 0.5) is 0 Å². The van der Waals surface area contributed by atoms with E-state index >= 15 is 0 Å². The van der Waals surface area contributed by atoms with Crippen LogP contribution in [0.25, 0.3) is 0 Å². The van der Waals surface area contributed by atoms with Gasteiger partial charge in [0.1, 0.15) is 16.1 Å². The number of H-pyrrole nitrogens is 1. The molecule has 1 aromatic rings. The Morgan fingerprint density at radius 2 is 2.06 bits per heavy atom. The zero-order valence-electron chi connectivity index (χ0n) is 11.5. The summed E-state index contributed by atoms with van der Waals surface area (Å²) in [7, 11) is 0. The van der Waals surface area contributed by atoms with Gasteiger partial charge in [-0.3, -0.25) is 0 Å². The Morgan fingerprint density at radius 3 is 2.56 bits per heavy atom. The van der Waals surface area contributed by atoms with Gasteiger partial charge < -0.3 is 9.72 Å². The standard InChI is InChI=1S/C13H21BrN2OS/c1-5-8-9-10(14)11(18)16-12(15-9)13(4,6-2)17-7-3/h5-8H2,1-4H3,(H,15,16,18). The van der Waals surface area contributed by atoms with E-state index in [9.17, 15) is 0 Å². The van der Waals surface area contributed by atoms with E-state index in [2.05, 4.69) is 39.7 Å². The highest BCUT2D eigenvalue weighted by Gasteiger charge is 2.28. The molecule has 3 nitrogen and oxygen atoms in total. The molecule has 0 aromatic carbocycles. The Kier molecular flexibility index (Phi) is 5.95. The lowest BCUT2D eigenvalue weighted by molar-refractivity contribution is -0.0393. The number of nitrogens with one attached hydrogen (secondary N) is 1. The number of hydrogen-bond donors (Lipinski definition) is 1. The van der Waals surface area contributed by atoms with Crippen LogP contribution >= 0.6 is 28.1 Å². The molecule has 102 valence electrons. The Hall–Kier alpha value is -0.260. The van der Waals surface area contributed by atoms with Crippen molar-refractivity contribution >= 4 is 28.1 Å². The topological polar surface area (TPSA) is 37.9 Å². The van der Waals surface area contributed by atoms with Crippen LogP contribution in [0.2, 0.25) is 0 Å². The number of aryl methyl sites for hydroxylation is 1. The molecule has 1 aromatic heterocycles. The maximum atomic E-state index is 5.84. The minimum absolute atomic E-state index is 0.397. The van der Waals surface area contributed by atoms with Crippen molar-refractivity contribution in [2.75, 3.05) is 6.61 Å². The molecule has 1 atom stereocenters. The van der Waals surface area contributed by atoms with Crippen LogP contribution in [0, 0.1) is 4.64 Å². The molecule has 0 bridgehead atoms. The molecule has 0 amide bonds. The predicted octanol–water partition coefficient (Wildman–Crippen LogP) is 4.52. The lowest BCUT2D eigenvalue weighted by atomic mass is 10.0. The molecule has 1 rings (SSSR count). The van der Waals surface area contributed by atoms with Crippen molar-refractivity contribution < 1.29 is 4.74 Å². The van der Waals surface area contributed by atoms with E-state index in [1.54, 1.807) is 0 Å². The number of ether oxygens (including phenoxy) is 1. The first-order chi connectivity index (χ1) is 8.48. The van der Waals surface area contributed by atoms with Crippen LogP contribution in [0.5, 0.6) is 0 Å². The fraction of sp³-hybridized carbons (Fsp3) is 0.692. The number of nitrogens with zero attached hydrogens (tertiary/aromatic N) is 1. The highest BCUT2D eigenvalue weighted by atomic mass is 79.9. The second kappa shape index (κ2) is 6.78. The molecule has 0 aliphatic heterocycles. The summed E-state index contributed by atoms with van der Waals surface area (Å²) in [5.41, 5.74) is 0.706. The second-order valence-electron chi connectivity index (χ2n) is 4.45. The SMILES string of the molecule is CCCc1[nH]c(C(C)(CC)OCC)nc(=S)c1Br. The molecule has 0 radical (unpaired) electrons. The molecule has 5 heteroatoms. The van der Waals surface area contributed by atoms with Crippen molar-refractivity contribution in [1.82, 2.24) is 9.97 Å². The lowest BCUT2D eigenvalue weighted by Crippen LogP contribution is -2.28. The second-order valence-corrected chi connectivity index (χ2v) is 5.63. The highest BCUT2D eigenvalue weighted by Crippen LogP contribution is 2.28. The van der Waals surface area contributed by atoms with Gasteiger partial charge >= 0.3 is 0 Å². The Morgan fingerprint density at radius 1 is 1.39 bits per heavy atom. The van der Waals surface area contributed by atoms with E-state index in [4.69, 9.17) is 17.0 Å². The molecular weight excluding hydrogens is 312 g/mol. The zero-order chi connectivity index (χ0) is 13.8. The summed E-state index contributed by atoms with van der Waals surface area (Å²) in [6.45, 7) is 8.94. The minimum Gasteiger partial charge on any atom is -0.368 e. The van der Waals surface area contributed by atoms with Gasteiger partial charge in [0.05, 0.1) is 4.47 Å². The quantitative estimate of drug-likeness (QED) is 0.778. The molecule has 1 unspecified atom stereocenters. The first-order valence-electron chi connectivity index (χ1n) is 6.41. The van der Waals surface area contributed by atoms with Crippen LogP contribution in [-0.4, -0.2) is 16.6 Å². The fourth-order valence-electron chi connectivity index (χ4n) is 1.83. The summed E-state index contributed by atoms with van der Waals surface area (Å²) in [5.74, 6) is 0.823. The molecular formula is C13H21BrN2OS. The van der Waals surface area contributed by atoms with Crippen molar-refractivity contribution in [1.29, 1.82) is 0 Å². The first-order valence-corrected chi connectivity index (χ1v) is 7.61. The Labute approximate surface area is 122 Å². The summed E-state index contributed by atoms with van der Waals surface area (Å²) in [4.78, 5) is 7.85. The van der Waals surface area contributed by atoms with E-state index in [1.165, 1.54) is 0 Å². The molecule has 1 N–H and O–H groups in total. The van der Waals surface area contributed by atoms with E-state index in [0.29, 0.717) is 11.2 Å². The maximum Gasteiger partial charge on any atom is 0.144 e. The van der Waals surface area contributed by atoms with Gasteiger partial charge in [-0.1, -0.05) is 32.5 Å². The normalized spacial score (nSPS) is 14.5. The predicted molar refractivity (Wildman–Crippen MR) is 80.4 cm³/mol. The van der Waals surface area contributed by atoms with Crippen molar-refractivity contribution in [2.45, 2.75) is 52.6 Å². The van der Waals surface area contributed by atoms with Crippen LogP contribution in [-0.2, 0) is 16.8 Å². The largest absolute Gasteiger partial charge is 0.368 e. The minimum atomic E-state index is -0.397. The van der Waals surface area contributed by atoms with Gasteiger partial charge in [0.2, 0.25) is 0 Å². The van der Waals surface area contributed by atoms with Crippen LogP contribution in [0.1, 0.15) is 52.1 Å². The molecule has 0 spiro atoms. The van der Waals surface area contributed by atoms with Crippen molar-refractivity contribution in [2.24, 2.45) is 0 Å². The zero-order valence-corrected chi connectivity index (χ0v) is 13.9. The molecule has 0 saturated carbocycles. The van der Waals surface area contributed by atoms with Gasteiger partial charge in [-0.15, -0.1) is 0 Å². The fourth-order valence-corrected chi connectivity index (χ4v) is 2.44. The average Bonchev–Trinajstić information content (AvgIpc) is 2.35. The molecule has 0 aliphatic carbocycles. The van der Waals surface area contributed by atoms with Gasteiger partial charge in [0.15, 0.2) is 0 Å². The molecule has 0 saturated heterocycles. The molecule has 1 heterocycles. The van der Waals surface area contributed by atoms with E-state index in [0.717, 1.165) is 35.3 Å². The Balaban J connectivity index is 3.28. The third-order valence-electron chi connectivity index (χ3n) is 3.07. The van der Waals surface area contributed by atoms with Crippen LogP contribution in [0.15, 0.2) is 4.47 Å². The summed E-state index contributed by atoms with van der Waals surface area (Å²) >= 11 is 8.81. The van der Waals surface area contributed by atoms with Gasteiger partial charge in [0, 0.05) is 12.3 Å². The van der Waals surface area contributed by atoms with Gasteiger partial charge in [-0.05, 0) is 42.6 Å². The van der Waals surface area contributed by atoms with E-state index < -0.39 is 5.60 Å². The summed E-state index contributed by atoms with van der Waals surface area (Å²) in [5, 5.41) is 0. The van der Waals surface area contributed by atoms with Crippen LogP contribution < -0.4 is 0 Å². The third kappa shape index (κ3) is 3.39. The lowest BCUT2D eigenvalue weighted by Gasteiger charge is -2.27. The van der Waals surface area contributed by atoms with Gasteiger partial charge in [0.25, 0.3) is 0 Å². The van der Waals surface area contributed by atoms with Gasteiger partial charge in [-0.25, -0.2) is 4.98 Å². The number of hydrogen-bond acceptors (Lipinski definition) is 3. The molecule has 18 heavy (non-hydrogen) atoms. The number of aromatic nitrogens is 2. The molecule has 0 aliphatic rings. The van der Waals surface area contributed by atoms with Crippen molar-refractivity contribution in [3.05, 3.63) is 20.6 Å². The average molecular weight is 333 g/mol. The monoisotopic (exact) mass is 332 g/mol. The van der Waals surface area contributed by atoms with E-state index in [1.807, 2.05) is 13.8 Å². The smallest absolute Gasteiger partial charge is 0.144 e. The summed E-state index contributed by atoms with van der Waals surface area (Å²) in [6, 6.07) is 0. The van der Waals surface area contributed by atoms with Crippen LogP contribution in [0.3, 0.4) is 0 Å². The number of halogens is 1. The summed E-state index contributed by atoms with van der Waals surface area (Å²) < 4.78 is 7.34. The third-order valence-corrected chi connectivity index (χ3v) is 4.49. The summed E-state index contributed by atoms with van der Waals surface area (Å²) in [6.07, 6.45) is 2.86. The van der Waals surface area contributed by atoms with Gasteiger partial charge in [-0.2, -0.15) is 0 Å². The van der Waals surface area contributed by atoms with Crippen molar-refractivity contribution in [3.63, 3.8) is 0 Å². The maximum absolute atomic E-state index is 5.84. The molecule has 0 fully saturated rings. The first kappa shape index (κ1) is 15.8. The number of rotatable bonds is 6.